The lowest BCUT2D eigenvalue weighted by Gasteiger charge is -2.16. The first-order chi connectivity index (χ1) is 19.2. The van der Waals surface area contributed by atoms with E-state index in [1.54, 1.807) is 24.3 Å². The van der Waals surface area contributed by atoms with Crippen LogP contribution in [0.25, 0.3) is 10.1 Å². The van der Waals surface area contributed by atoms with Gasteiger partial charge in [0.25, 0.3) is 0 Å². The average molecular weight is 562 g/mol. The van der Waals surface area contributed by atoms with Gasteiger partial charge in [0.15, 0.2) is 5.75 Å². The fourth-order valence-electron chi connectivity index (χ4n) is 5.38. The number of carbonyl (C=O) groups excluding carboxylic acids is 1. The molecule has 1 N–H and O–H groups in total. The zero-order valence-corrected chi connectivity index (χ0v) is 23.6. The molecule has 1 aromatic heterocycles. The molecule has 0 spiro atoms. The zero-order valence-electron chi connectivity index (χ0n) is 22.8. The summed E-state index contributed by atoms with van der Waals surface area (Å²) in [6, 6.07) is 16.1. The van der Waals surface area contributed by atoms with Crippen molar-refractivity contribution in [3.05, 3.63) is 87.3 Å². The number of halogens is 1. The van der Waals surface area contributed by atoms with Gasteiger partial charge in [0.2, 0.25) is 5.78 Å². The molecular weight excluding hydrogens is 529 g/mol. The number of carboxylic acid groups (broad SMARTS) is 1. The number of carboxylic acids is 1. The molecule has 3 aromatic carbocycles. The number of thiophene rings is 1. The van der Waals surface area contributed by atoms with E-state index in [0.717, 1.165) is 42.7 Å². The highest BCUT2D eigenvalue weighted by molar-refractivity contribution is 7.21. The molecule has 1 aliphatic heterocycles. The van der Waals surface area contributed by atoms with Crippen molar-refractivity contribution in [2.75, 3.05) is 26.3 Å². The number of aromatic carboxylic acids is 1. The standard InChI is InChI=1S/C32H32FNO5S/c1-19-15-20(2)28(21(3)16-19)29(35)31-30(26-10-5-22(32(36)37)17-27(26)40-31)39-24-8-6-23(7-9-24)38-25-11-14-34(18-25)13-4-12-33/h5-10,15-17,25H,4,11-14,18H2,1-3H3,(H,36,37)/t25-/m0/s1. The smallest absolute Gasteiger partial charge is 0.335 e. The molecule has 40 heavy (non-hydrogen) atoms. The molecule has 1 aliphatic rings. The van der Waals surface area contributed by atoms with Gasteiger partial charge in [-0.15, -0.1) is 11.3 Å². The van der Waals surface area contributed by atoms with Crippen molar-refractivity contribution in [3.8, 4) is 17.2 Å². The number of ketones is 1. The fourth-order valence-corrected chi connectivity index (χ4v) is 6.50. The third-order valence-electron chi connectivity index (χ3n) is 7.19. The number of alkyl halides is 1. The molecule has 0 radical (unpaired) electrons. The van der Waals surface area contributed by atoms with E-state index < -0.39 is 5.97 Å². The fraction of sp³-hybridized carbons (Fsp3) is 0.312. The normalized spacial score (nSPS) is 15.4. The summed E-state index contributed by atoms with van der Waals surface area (Å²) >= 11 is 1.24. The van der Waals surface area contributed by atoms with Crippen LogP contribution in [0.4, 0.5) is 4.39 Å². The van der Waals surface area contributed by atoms with E-state index in [-0.39, 0.29) is 24.1 Å². The van der Waals surface area contributed by atoms with Crippen LogP contribution >= 0.6 is 11.3 Å². The van der Waals surface area contributed by atoms with Crippen molar-refractivity contribution in [1.29, 1.82) is 0 Å². The van der Waals surface area contributed by atoms with Gasteiger partial charge in [-0.1, -0.05) is 17.7 Å². The largest absolute Gasteiger partial charge is 0.489 e. The van der Waals surface area contributed by atoms with Crippen molar-refractivity contribution in [2.45, 2.75) is 39.7 Å². The Kier molecular flexibility index (Phi) is 8.19. The van der Waals surface area contributed by atoms with E-state index in [2.05, 4.69) is 4.90 Å². The minimum absolute atomic E-state index is 0.0563. The number of likely N-dealkylation sites (tertiary alicyclic amines) is 1. The molecule has 0 aliphatic carbocycles. The Labute approximate surface area is 237 Å². The topological polar surface area (TPSA) is 76.1 Å². The van der Waals surface area contributed by atoms with Gasteiger partial charge in [-0.25, -0.2) is 4.79 Å². The minimum Gasteiger partial charge on any atom is -0.489 e. The quantitative estimate of drug-likeness (QED) is 0.204. The first-order valence-corrected chi connectivity index (χ1v) is 14.2. The third kappa shape index (κ3) is 5.88. The van der Waals surface area contributed by atoms with Crippen molar-refractivity contribution < 1.29 is 28.6 Å². The Morgan fingerprint density at radius 1 is 1.02 bits per heavy atom. The molecule has 0 saturated carbocycles. The Bertz CT molecular complexity index is 1540. The van der Waals surface area contributed by atoms with E-state index >= 15 is 0 Å². The summed E-state index contributed by atoms with van der Waals surface area (Å²) in [5, 5.41) is 10.2. The molecule has 208 valence electrons. The second-order valence-corrected chi connectivity index (χ2v) is 11.4. The molecule has 2 heterocycles. The SMILES string of the molecule is Cc1cc(C)c(C(=O)c2sc3cc(C(=O)O)ccc3c2Oc2ccc(O[C@H]3CCN(CCCF)C3)cc2)c(C)c1. The van der Waals surface area contributed by atoms with Gasteiger partial charge < -0.3 is 14.6 Å². The van der Waals surface area contributed by atoms with Gasteiger partial charge in [-0.05, 0) is 87.2 Å². The van der Waals surface area contributed by atoms with Gasteiger partial charge in [-0.2, -0.15) is 0 Å². The van der Waals surface area contributed by atoms with Crippen LogP contribution in [-0.4, -0.2) is 54.2 Å². The monoisotopic (exact) mass is 561 g/mol. The van der Waals surface area contributed by atoms with E-state index in [4.69, 9.17) is 9.47 Å². The van der Waals surface area contributed by atoms with Crippen LogP contribution in [-0.2, 0) is 0 Å². The summed E-state index contributed by atoms with van der Waals surface area (Å²) in [6.07, 6.45) is 1.50. The summed E-state index contributed by atoms with van der Waals surface area (Å²) in [5.41, 5.74) is 3.63. The van der Waals surface area contributed by atoms with Crippen LogP contribution in [0.2, 0.25) is 0 Å². The molecule has 1 fully saturated rings. The highest BCUT2D eigenvalue weighted by Gasteiger charge is 2.26. The van der Waals surface area contributed by atoms with Gasteiger partial charge in [0.05, 0.1) is 12.2 Å². The minimum atomic E-state index is -1.03. The molecule has 0 bridgehead atoms. The van der Waals surface area contributed by atoms with Gasteiger partial charge in [0, 0.05) is 35.3 Å². The zero-order chi connectivity index (χ0) is 28.4. The molecule has 8 heteroatoms. The number of rotatable bonds is 10. The molecule has 0 amide bonds. The molecule has 1 atom stereocenters. The maximum absolute atomic E-state index is 13.9. The highest BCUT2D eigenvalue weighted by atomic mass is 32.1. The second kappa shape index (κ2) is 11.8. The number of carbonyl (C=O) groups is 2. The van der Waals surface area contributed by atoms with Crippen molar-refractivity contribution in [1.82, 2.24) is 4.90 Å². The predicted molar refractivity (Wildman–Crippen MR) is 155 cm³/mol. The van der Waals surface area contributed by atoms with Crippen molar-refractivity contribution >= 4 is 33.2 Å². The Morgan fingerprint density at radius 2 is 1.73 bits per heavy atom. The predicted octanol–water partition coefficient (Wildman–Crippen LogP) is 7.36. The highest BCUT2D eigenvalue weighted by Crippen LogP contribution is 2.43. The van der Waals surface area contributed by atoms with E-state index in [1.165, 1.54) is 17.4 Å². The molecule has 6 nitrogen and oxygen atoms in total. The molecular formula is C32H32FNO5S. The van der Waals surface area contributed by atoms with Crippen LogP contribution in [0, 0.1) is 20.8 Å². The summed E-state index contributed by atoms with van der Waals surface area (Å²) in [5.74, 6) is 0.486. The Hall–Kier alpha value is -3.75. The van der Waals surface area contributed by atoms with E-state index in [9.17, 15) is 19.1 Å². The third-order valence-corrected chi connectivity index (χ3v) is 8.32. The van der Waals surface area contributed by atoms with Gasteiger partial charge in [0.1, 0.15) is 22.5 Å². The van der Waals surface area contributed by atoms with Gasteiger partial charge >= 0.3 is 5.97 Å². The number of benzene rings is 3. The van der Waals surface area contributed by atoms with Crippen LogP contribution in [0.1, 0.15) is 55.1 Å². The molecule has 1 saturated heterocycles. The maximum Gasteiger partial charge on any atom is 0.335 e. The summed E-state index contributed by atoms with van der Waals surface area (Å²) < 4.78 is 25.6. The van der Waals surface area contributed by atoms with Crippen LogP contribution < -0.4 is 9.47 Å². The van der Waals surface area contributed by atoms with Crippen LogP contribution in [0.5, 0.6) is 17.2 Å². The average Bonchev–Trinajstić information content (AvgIpc) is 3.51. The van der Waals surface area contributed by atoms with Crippen molar-refractivity contribution in [2.24, 2.45) is 0 Å². The van der Waals surface area contributed by atoms with E-state index in [1.807, 2.05) is 45.0 Å². The number of aryl methyl sites for hydroxylation is 3. The number of ether oxygens (including phenoxy) is 2. The van der Waals surface area contributed by atoms with Crippen LogP contribution in [0.3, 0.4) is 0 Å². The lowest BCUT2D eigenvalue weighted by atomic mass is 9.95. The number of hydrogen-bond acceptors (Lipinski definition) is 6. The second-order valence-electron chi connectivity index (χ2n) is 10.3. The molecule has 5 rings (SSSR count). The lowest BCUT2D eigenvalue weighted by molar-refractivity contribution is 0.0696. The first-order valence-electron chi connectivity index (χ1n) is 13.4. The lowest BCUT2D eigenvalue weighted by Crippen LogP contribution is -2.26. The van der Waals surface area contributed by atoms with Crippen molar-refractivity contribution in [3.63, 3.8) is 0 Å². The summed E-state index contributed by atoms with van der Waals surface area (Å²) in [7, 11) is 0. The van der Waals surface area contributed by atoms with E-state index in [0.29, 0.717) is 44.2 Å². The van der Waals surface area contributed by atoms with Crippen LogP contribution in [0.15, 0.2) is 54.6 Å². The number of hydrogen-bond donors (Lipinski definition) is 1. The first kappa shape index (κ1) is 27.8. The number of nitrogens with zero attached hydrogens (tertiary/aromatic N) is 1. The Balaban J connectivity index is 1.43. The Morgan fingerprint density at radius 3 is 2.40 bits per heavy atom. The molecule has 0 unspecified atom stereocenters. The van der Waals surface area contributed by atoms with Gasteiger partial charge in [-0.3, -0.25) is 14.1 Å². The number of fused-ring (bicyclic) bond motifs is 1. The maximum atomic E-state index is 13.9. The molecule has 4 aromatic rings. The summed E-state index contributed by atoms with van der Waals surface area (Å²) in [6.45, 7) is 7.96. The summed E-state index contributed by atoms with van der Waals surface area (Å²) in [4.78, 5) is 28.1.